The van der Waals surface area contributed by atoms with Crippen LogP contribution in [0.4, 0.5) is 17.1 Å². The number of benzene rings is 8. The van der Waals surface area contributed by atoms with Crippen molar-refractivity contribution in [1.82, 2.24) is 0 Å². The first-order valence-corrected chi connectivity index (χ1v) is 20.7. The second kappa shape index (κ2) is 11.4. The van der Waals surface area contributed by atoms with E-state index in [1.165, 1.54) is 65.3 Å². The van der Waals surface area contributed by atoms with Crippen molar-refractivity contribution in [1.29, 1.82) is 0 Å². The van der Waals surface area contributed by atoms with Crippen LogP contribution in [0.2, 0.25) is 13.1 Å². The summed E-state index contributed by atoms with van der Waals surface area (Å²) < 4.78 is 6.36. The Kier molecular flexibility index (Phi) is 6.67. The quantitative estimate of drug-likeness (QED) is 0.170. The van der Waals surface area contributed by atoms with Crippen molar-refractivity contribution >= 4 is 68.2 Å². The van der Waals surface area contributed by atoms with E-state index in [0.29, 0.717) is 0 Å². The van der Waals surface area contributed by atoms with Gasteiger partial charge < -0.3 is 9.32 Å². The highest BCUT2D eigenvalue weighted by molar-refractivity contribution is 7.04. The van der Waals surface area contributed by atoms with E-state index in [4.69, 9.17) is 4.42 Å². The van der Waals surface area contributed by atoms with Crippen LogP contribution >= 0.6 is 0 Å². The Labute approximate surface area is 298 Å². The van der Waals surface area contributed by atoms with Crippen molar-refractivity contribution < 1.29 is 4.42 Å². The summed E-state index contributed by atoms with van der Waals surface area (Å²) in [5, 5.41) is 7.85. The van der Waals surface area contributed by atoms with Gasteiger partial charge in [-0.25, -0.2) is 0 Å². The predicted octanol–water partition coefficient (Wildman–Crippen LogP) is 12.3. The van der Waals surface area contributed by atoms with Gasteiger partial charge in [-0.15, -0.1) is 0 Å². The number of fused-ring (bicyclic) bond motifs is 7. The Morgan fingerprint density at radius 3 is 1.96 bits per heavy atom. The molecule has 2 nitrogen and oxygen atoms in total. The van der Waals surface area contributed by atoms with Gasteiger partial charge in [-0.2, -0.15) is 0 Å². The van der Waals surface area contributed by atoms with Crippen molar-refractivity contribution in [2.24, 2.45) is 0 Å². The lowest BCUT2D eigenvalue weighted by atomic mass is 9.99. The van der Waals surface area contributed by atoms with E-state index in [2.05, 4.69) is 188 Å². The Balaban J connectivity index is 1.13. The summed E-state index contributed by atoms with van der Waals surface area (Å²) in [4.78, 5) is 2.44. The highest BCUT2D eigenvalue weighted by Gasteiger charge is 2.39. The summed E-state index contributed by atoms with van der Waals surface area (Å²) in [6.07, 6.45) is 0. The molecule has 51 heavy (non-hydrogen) atoms. The Morgan fingerprint density at radius 2 is 1.10 bits per heavy atom. The maximum absolute atomic E-state index is 6.36. The summed E-state index contributed by atoms with van der Waals surface area (Å²) >= 11 is 0. The van der Waals surface area contributed by atoms with E-state index < -0.39 is 8.07 Å². The number of nitrogens with zero attached hydrogens (tertiary/aromatic N) is 1. The standard InChI is InChI=1S/C48H35NOSi/c1-51(2)47-29-38(26-27-41(47)43-30-46-42(31-48(43)51)40-17-9-11-19-45(40)50-46)49(44-18-10-8-16-39(44)34-13-4-3-5-14-34)37-24-22-33(23-25-37)36-21-20-32-12-6-7-15-35(32)28-36/h3-31H,1-2H3. The van der Waals surface area contributed by atoms with Crippen LogP contribution in [0.3, 0.4) is 0 Å². The molecule has 10 rings (SSSR count). The van der Waals surface area contributed by atoms with Gasteiger partial charge in [0.15, 0.2) is 0 Å². The minimum absolute atomic E-state index is 0.950. The topological polar surface area (TPSA) is 16.4 Å². The Bertz CT molecular complexity index is 2780. The van der Waals surface area contributed by atoms with Crippen LogP contribution in [0.5, 0.6) is 0 Å². The zero-order valence-corrected chi connectivity index (χ0v) is 29.6. The molecule has 8 aromatic carbocycles. The van der Waals surface area contributed by atoms with Crippen molar-refractivity contribution in [3.05, 3.63) is 176 Å². The second-order valence-electron chi connectivity index (χ2n) is 14.2. The molecule has 0 fully saturated rings. The number of furan rings is 1. The van der Waals surface area contributed by atoms with Gasteiger partial charge in [0.25, 0.3) is 0 Å². The molecular formula is C48H35NOSi. The van der Waals surface area contributed by atoms with E-state index in [-0.39, 0.29) is 0 Å². The number of rotatable bonds is 5. The summed E-state index contributed by atoms with van der Waals surface area (Å²) in [6.45, 7) is 4.99. The van der Waals surface area contributed by atoms with Crippen LogP contribution in [-0.2, 0) is 0 Å². The maximum Gasteiger partial charge on any atom is 0.136 e. The molecule has 0 saturated carbocycles. The third-order valence-electron chi connectivity index (χ3n) is 10.9. The molecule has 1 aromatic heterocycles. The first kappa shape index (κ1) is 29.7. The van der Waals surface area contributed by atoms with E-state index in [1.54, 1.807) is 0 Å². The summed E-state index contributed by atoms with van der Waals surface area (Å²) in [6, 6.07) is 64.1. The van der Waals surface area contributed by atoms with E-state index in [9.17, 15) is 0 Å². The van der Waals surface area contributed by atoms with Crippen LogP contribution in [0.25, 0.3) is 66.1 Å². The van der Waals surface area contributed by atoms with Gasteiger partial charge in [0.2, 0.25) is 0 Å². The lowest BCUT2D eigenvalue weighted by Gasteiger charge is -2.29. The largest absolute Gasteiger partial charge is 0.456 e. The molecule has 242 valence electrons. The van der Waals surface area contributed by atoms with Crippen molar-refractivity contribution in [2.45, 2.75) is 13.1 Å². The molecule has 1 aliphatic rings. The Hall–Kier alpha value is -6.16. The lowest BCUT2D eigenvalue weighted by Crippen LogP contribution is -2.49. The molecule has 0 aliphatic carbocycles. The molecule has 1 aliphatic heterocycles. The van der Waals surface area contributed by atoms with Gasteiger partial charge >= 0.3 is 0 Å². The van der Waals surface area contributed by atoms with Gasteiger partial charge in [0, 0.05) is 27.7 Å². The molecule has 0 saturated heterocycles. The van der Waals surface area contributed by atoms with Crippen molar-refractivity contribution in [3.63, 3.8) is 0 Å². The van der Waals surface area contributed by atoms with Crippen LogP contribution in [0.1, 0.15) is 0 Å². The smallest absolute Gasteiger partial charge is 0.136 e. The molecule has 0 spiro atoms. The molecule has 2 heterocycles. The predicted molar refractivity (Wildman–Crippen MR) is 219 cm³/mol. The number of anilines is 3. The van der Waals surface area contributed by atoms with Crippen molar-refractivity contribution in [2.75, 3.05) is 4.90 Å². The van der Waals surface area contributed by atoms with Crippen LogP contribution in [0, 0.1) is 0 Å². The first-order valence-electron chi connectivity index (χ1n) is 17.7. The van der Waals surface area contributed by atoms with Gasteiger partial charge in [0.1, 0.15) is 19.2 Å². The molecular weight excluding hydrogens is 635 g/mol. The molecule has 9 aromatic rings. The zero-order valence-electron chi connectivity index (χ0n) is 28.6. The second-order valence-corrected chi connectivity index (χ2v) is 18.5. The third kappa shape index (κ3) is 4.77. The SMILES string of the molecule is C[Si]1(C)c2cc(N(c3ccc(-c4ccc5ccccc5c4)cc3)c3ccccc3-c3ccccc3)ccc2-c2cc3oc4ccccc4c3cc21. The van der Waals surface area contributed by atoms with Crippen molar-refractivity contribution in [3.8, 4) is 33.4 Å². The fourth-order valence-corrected chi connectivity index (χ4v) is 11.3. The molecule has 0 bridgehead atoms. The van der Waals surface area contributed by atoms with Crippen LogP contribution < -0.4 is 15.3 Å². The minimum Gasteiger partial charge on any atom is -0.456 e. The molecule has 0 unspecified atom stereocenters. The zero-order chi connectivity index (χ0) is 34.1. The summed E-state index contributed by atoms with van der Waals surface area (Å²) in [5.41, 5.74) is 12.8. The minimum atomic E-state index is -2.06. The fraction of sp³-hybridized carbons (Fsp3) is 0.0417. The third-order valence-corrected chi connectivity index (χ3v) is 14.4. The number of hydrogen-bond donors (Lipinski definition) is 0. The monoisotopic (exact) mass is 669 g/mol. The molecule has 0 radical (unpaired) electrons. The highest BCUT2D eigenvalue weighted by atomic mass is 28.3. The average molecular weight is 670 g/mol. The number of para-hydroxylation sites is 2. The van der Waals surface area contributed by atoms with Gasteiger partial charge in [0.05, 0.1) is 5.69 Å². The molecule has 0 N–H and O–H groups in total. The lowest BCUT2D eigenvalue weighted by molar-refractivity contribution is 0.669. The normalized spacial score (nSPS) is 13.1. The highest BCUT2D eigenvalue weighted by Crippen LogP contribution is 2.43. The average Bonchev–Trinajstić information content (AvgIpc) is 3.65. The van der Waals surface area contributed by atoms with E-state index >= 15 is 0 Å². The maximum atomic E-state index is 6.36. The Morgan fingerprint density at radius 1 is 0.412 bits per heavy atom. The molecule has 3 heteroatoms. The molecule has 0 atom stereocenters. The van der Waals surface area contributed by atoms with E-state index in [1.807, 2.05) is 6.07 Å². The first-order chi connectivity index (χ1) is 25.0. The van der Waals surface area contributed by atoms with Gasteiger partial charge in [-0.3, -0.25) is 0 Å². The number of hydrogen-bond acceptors (Lipinski definition) is 2. The van der Waals surface area contributed by atoms with Crippen LogP contribution in [0.15, 0.2) is 180 Å². The molecule has 0 amide bonds. The van der Waals surface area contributed by atoms with Gasteiger partial charge in [-0.05, 0) is 97.5 Å². The fourth-order valence-electron chi connectivity index (χ4n) is 8.21. The summed E-state index contributed by atoms with van der Waals surface area (Å²) in [7, 11) is -2.06. The van der Waals surface area contributed by atoms with Gasteiger partial charge in [-0.1, -0.05) is 140 Å². The summed E-state index contributed by atoms with van der Waals surface area (Å²) in [5.74, 6) is 0. The van der Waals surface area contributed by atoms with E-state index in [0.717, 1.165) is 28.2 Å². The van der Waals surface area contributed by atoms with Crippen LogP contribution in [-0.4, -0.2) is 8.07 Å².